The zero-order chi connectivity index (χ0) is 18.0. The van der Waals surface area contributed by atoms with E-state index in [0.717, 1.165) is 18.7 Å². The van der Waals surface area contributed by atoms with Gasteiger partial charge in [0.1, 0.15) is 0 Å². The molecule has 0 radical (unpaired) electrons. The third kappa shape index (κ3) is 3.40. The summed E-state index contributed by atoms with van der Waals surface area (Å²) in [5.41, 5.74) is 2.11. The lowest BCUT2D eigenvalue weighted by Gasteiger charge is -2.16. The van der Waals surface area contributed by atoms with Gasteiger partial charge in [-0.2, -0.15) is 20.5 Å². The number of aromatic nitrogens is 5. The minimum atomic E-state index is -0.875. The molecule has 1 saturated heterocycles. The Labute approximate surface area is 145 Å². The smallest absolute Gasteiger partial charge is 0.303 e. The number of aromatic amines is 1. The van der Waals surface area contributed by atoms with Crippen molar-refractivity contribution >= 4 is 11.9 Å². The lowest BCUT2D eigenvalue weighted by atomic mass is 9.91. The Balaban J connectivity index is 1.80. The molecule has 2 aromatic heterocycles. The predicted octanol–water partition coefficient (Wildman–Crippen LogP) is 1.05. The lowest BCUT2D eigenvalue weighted by molar-refractivity contribution is -0.138. The largest absolute Gasteiger partial charge is 0.481 e. The quantitative estimate of drug-likeness (QED) is 0.807. The number of nitrogens with zero attached hydrogens (tertiary/aromatic N) is 5. The molecule has 134 valence electrons. The number of likely N-dealkylation sites (tertiary alicyclic amines) is 1. The second-order valence-electron chi connectivity index (χ2n) is 6.44. The number of carbonyl (C=O) groups excluding carboxylic acids is 1. The molecule has 3 rings (SSSR count). The SMILES string of the molecule is CCCn1ncc(C(=O)N2C[C@@H](CC(=O)O)[C@@H](c3cn[nH]n3)C2)c1C. The normalized spacial score (nSPS) is 20.2. The van der Waals surface area contributed by atoms with Gasteiger partial charge < -0.3 is 10.0 Å². The maximum absolute atomic E-state index is 12.9. The van der Waals surface area contributed by atoms with Crippen LogP contribution in [0.1, 0.15) is 47.4 Å². The van der Waals surface area contributed by atoms with Gasteiger partial charge in [-0.05, 0) is 19.3 Å². The molecule has 1 aliphatic rings. The number of carboxylic acids is 1. The maximum atomic E-state index is 12.9. The van der Waals surface area contributed by atoms with Crippen molar-refractivity contribution in [2.24, 2.45) is 5.92 Å². The van der Waals surface area contributed by atoms with E-state index in [1.165, 1.54) is 0 Å². The number of rotatable bonds is 6. The summed E-state index contributed by atoms with van der Waals surface area (Å²) in [6.07, 6.45) is 4.13. The molecule has 0 aromatic carbocycles. The molecule has 2 N–H and O–H groups in total. The molecule has 0 aliphatic carbocycles. The summed E-state index contributed by atoms with van der Waals surface area (Å²) in [7, 11) is 0. The predicted molar refractivity (Wildman–Crippen MR) is 88.0 cm³/mol. The Bertz CT molecular complexity index is 754. The fraction of sp³-hybridized carbons (Fsp3) is 0.562. The first-order chi connectivity index (χ1) is 12.0. The number of carbonyl (C=O) groups is 2. The van der Waals surface area contributed by atoms with Crippen molar-refractivity contribution in [3.05, 3.63) is 29.3 Å². The summed E-state index contributed by atoms with van der Waals surface area (Å²) >= 11 is 0. The van der Waals surface area contributed by atoms with Crippen LogP contribution in [0.3, 0.4) is 0 Å². The van der Waals surface area contributed by atoms with Crippen LogP contribution in [-0.4, -0.2) is 60.2 Å². The number of hydrogen-bond donors (Lipinski definition) is 2. The molecule has 9 nitrogen and oxygen atoms in total. The highest BCUT2D eigenvalue weighted by Gasteiger charge is 2.39. The molecular formula is C16H22N6O3. The molecule has 0 unspecified atom stereocenters. The van der Waals surface area contributed by atoms with Crippen molar-refractivity contribution in [3.8, 4) is 0 Å². The first kappa shape index (κ1) is 17.1. The number of aliphatic carboxylic acids is 1. The van der Waals surface area contributed by atoms with Crippen LogP contribution in [0, 0.1) is 12.8 Å². The van der Waals surface area contributed by atoms with Crippen LogP contribution in [0.4, 0.5) is 0 Å². The van der Waals surface area contributed by atoms with Crippen LogP contribution >= 0.6 is 0 Å². The van der Waals surface area contributed by atoms with E-state index in [4.69, 9.17) is 0 Å². The van der Waals surface area contributed by atoms with Crippen LogP contribution in [0.2, 0.25) is 0 Å². The fourth-order valence-electron chi connectivity index (χ4n) is 3.46. The van der Waals surface area contributed by atoms with Gasteiger partial charge in [0.05, 0.1) is 30.1 Å². The van der Waals surface area contributed by atoms with Gasteiger partial charge in [0.2, 0.25) is 0 Å². The number of hydrogen-bond acceptors (Lipinski definition) is 5. The lowest BCUT2D eigenvalue weighted by Crippen LogP contribution is -2.29. The van der Waals surface area contributed by atoms with Gasteiger partial charge in [-0.3, -0.25) is 14.3 Å². The van der Waals surface area contributed by atoms with E-state index in [9.17, 15) is 14.7 Å². The molecule has 1 aliphatic heterocycles. The Morgan fingerprint density at radius 3 is 2.80 bits per heavy atom. The van der Waals surface area contributed by atoms with Crippen molar-refractivity contribution in [1.82, 2.24) is 30.1 Å². The van der Waals surface area contributed by atoms with Gasteiger partial charge in [-0.25, -0.2) is 0 Å². The molecular weight excluding hydrogens is 324 g/mol. The van der Waals surface area contributed by atoms with E-state index >= 15 is 0 Å². The topological polar surface area (TPSA) is 117 Å². The zero-order valence-corrected chi connectivity index (χ0v) is 14.3. The summed E-state index contributed by atoms with van der Waals surface area (Å²) in [5.74, 6) is -1.30. The standard InChI is InChI=1S/C16H22N6O3/c1-3-4-22-10(2)12(6-18-22)16(25)21-8-11(5-15(23)24)13(9-21)14-7-17-20-19-14/h6-7,11,13H,3-5,8-9H2,1-2H3,(H,23,24)(H,17,19,20)/t11-,13+/m1/s1. The first-order valence-corrected chi connectivity index (χ1v) is 8.40. The highest BCUT2D eigenvalue weighted by atomic mass is 16.4. The summed E-state index contributed by atoms with van der Waals surface area (Å²) in [4.78, 5) is 25.8. The van der Waals surface area contributed by atoms with Crippen molar-refractivity contribution in [1.29, 1.82) is 0 Å². The summed E-state index contributed by atoms with van der Waals surface area (Å²) in [6.45, 7) is 5.53. The Morgan fingerprint density at radius 2 is 2.16 bits per heavy atom. The van der Waals surface area contributed by atoms with Crippen molar-refractivity contribution in [3.63, 3.8) is 0 Å². The Hall–Kier alpha value is -2.71. The zero-order valence-electron chi connectivity index (χ0n) is 14.3. The molecule has 2 aromatic rings. The monoisotopic (exact) mass is 346 g/mol. The van der Waals surface area contributed by atoms with Gasteiger partial charge in [-0.1, -0.05) is 6.92 Å². The molecule has 9 heteroatoms. The number of aryl methyl sites for hydroxylation is 1. The van der Waals surface area contributed by atoms with E-state index in [0.29, 0.717) is 24.3 Å². The highest BCUT2D eigenvalue weighted by Crippen LogP contribution is 2.34. The summed E-state index contributed by atoms with van der Waals surface area (Å²) in [5, 5.41) is 23.9. The fourth-order valence-corrected chi connectivity index (χ4v) is 3.46. The average Bonchev–Trinajstić information content (AvgIpc) is 3.28. The Kier molecular flexibility index (Phi) is 4.82. The molecule has 0 bridgehead atoms. The van der Waals surface area contributed by atoms with E-state index in [2.05, 4.69) is 27.4 Å². The number of nitrogens with one attached hydrogen (secondary N) is 1. The van der Waals surface area contributed by atoms with Crippen LogP contribution in [0.25, 0.3) is 0 Å². The van der Waals surface area contributed by atoms with Crippen LogP contribution in [0.15, 0.2) is 12.4 Å². The van der Waals surface area contributed by atoms with Crippen LogP contribution in [-0.2, 0) is 11.3 Å². The van der Waals surface area contributed by atoms with Gasteiger partial charge >= 0.3 is 5.97 Å². The van der Waals surface area contributed by atoms with E-state index in [-0.39, 0.29) is 24.2 Å². The molecule has 25 heavy (non-hydrogen) atoms. The van der Waals surface area contributed by atoms with E-state index in [1.807, 2.05) is 11.6 Å². The van der Waals surface area contributed by atoms with Gasteiger partial charge in [-0.15, -0.1) is 0 Å². The third-order valence-corrected chi connectivity index (χ3v) is 4.75. The summed E-state index contributed by atoms with van der Waals surface area (Å²) < 4.78 is 1.83. The Morgan fingerprint density at radius 1 is 1.36 bits per heavy atom. The minimum Gasteiger partial charge on any atom is -0.481 e. The van der Waals surface area contributed by atoms with Crippen LogP contribution in [0.5, 0.6) is 0 Å². The number of carboxylic acid groups (broad SMARTS) is 1. The first-order valence-electron chi connectivity index (χ1n) is 8.40. The molecule has 2 atom stereocenters. The third-order valence-electron chi connectivity index (χ3n) is 4.75. The van der Waals surface area contributed by atoms with Crippen LogP contribution < -0.4 is 0 Å². The number of amides is 1. The van der Waals surface area contributed by atoms with Gasteiger partial charge in [0, 0.05) is 31.2 Å². The number of H-pyrrole nitrogens is 1. The van der Waals surface area contributed by atoms with E-state index in [1.54, 1.807) is 17.3 Å². The average molecular weight is 346 g/mol. The highest BCUT2D eigenvalue weighted by molar-refractivity contribution is 5.95. The molecule has 0 spiro atoms. The maximum Gasteiger partial charge on any atom is 0.303 e. The van der Waals surface area contributed by atoms with Crippen molar-refractivity contribution in [2.75, 3.05) is 13.1 Å². The van der Waals surface area contributed by atoms with E-state index < -0.39 is 5.97 Å². The summed E-state index contributed by atoms with van der Waals surface area (Å²) in [6, 6.07) is 0. The molecule has 1 fully saturated rings. The van der Waals surface area contributed by atoms with Gasteiger partial charge in [0.25, 0.3) is 5.91 Å². The minimum absolute atomic E-state index is 0.00458. The second kappa shape index (κ2) is 7.04. The van der Waals surface area contributed by atoms with Crippen molar-refractivity contribution in [2.45, 2.75) is 39.2 Å². The van der Waals surface area contributed by atoms with Crippen molar-refractivity contribution < 1.29 is 14.7 Å². The van der Waals surface area contributed by atoms with Gasteiger partial charge in [0.15, 0.2) is 0 Å². The molecule has 0 saturated carbocycles. The molecule has 1 amide bonds. The molecule has 3 heterocycles. The second-order valence-corrected chi connectivity index (χ2v) is 6.44.